The molecule has 0 bridgehead atoms. The lowest BCUT2D eigenvalue weighted by molar-refractivity contribution is 0.173. The summed E-state index contributed by atoms with van der Waals surface area (Å²) in [6.07, 6.45) is 1.31. The van der Waals surface area contributed by atoms with Crippen molar-refractivity contribution in [1.29, 1.82) is 0 Å². The second-order valence-electron chi connectivity index (χ2n) is 1.61. The molecule has 1 aliphatic rings. The van der Waals surface area contributed by atoms with E-state index < -0.39 is 0 Å². The summed E-state index contributed by atoms with van der Waals surface area (Å²) in [7, 11) is 3.30. The molecular formula is C5H9NO. The van der Waals surface area contributed by atoms with Crippen LogP contribution in [0.25, 0.3) is 0 Å². The van der Waals surface area contributed by atoms with Crippen molar-refractivity contribution in [2.75, 3.05) is 6.54 Å². The van der Waals surface area contributed by atoms with E-state index in [9.17, 15) is 0 Å². The minimum absolute atomic E-state index is 0.250. The topological polar surface area (TPSA) is 21.3 Å². The maximum absolute atomic E-state index is 4.74. The van der Waals surface area contributed by atoms with Crippen molar-refractivity contribution in [2.45, 2.75) is 12.5 Å². The average molecular weight is 99.1 g/mol. The van der Waals surface area contributed by atoms with Crippen molar-refractivity contribution in [1.82, 2.24) is 5.32 Å². The van der Waals surface area contributed by atoms with E-state index in [1.165, 1.54) is 0 Å². The fourth-order valence-corrected chi connectivity index (χ4v) is 0.655. The van der Waals surface area contributed by atoms with Crippen LogP contribution in [-0.2, 0) is 4.74 Å². The maximum Gasteiger partial charge on any atom is 0.0757 e. The molecule has 1 saturated heterocycles. The van der Waals surface area contributed by atoms with Gasteiger partial charge in [-0.25, -0.2) is 0 Å². The van der Waals surface area contributed by atoms with Crippen LogP contribution in [0, 0.1) is 13.7 Å². The summed E-state index contributed by atoms with van der Waals surface area (Å²) in [5.41, 5.74) is 0. The molecule has 1 rings (SSSR count). The Morgan fingerprint density at radius 1 is 1.86 bits per heavy atom. The van der Waals surface area contributed by atoms with E-state index in [4.69, 9.17) is 4.74 Å². The minimum atomic E-state index is 0.250. The van der Waals surface area contributed by atoms with Gasteiger partial charge in [0.1, 0.15) is 0 Å². The smallest absolute Gasteiger partial charge is 0.0757 e. The van der Waals surface area contributed by atoms with Gasteiger partial charge >= 0.3 is 0 Å². The molecule has 2 nitrogen and oxygen atoms in total. The third-order valence-electron chi connectivity index (χ3n) is 1.09. The number of hydrogen-bond donors (Lipinski definition) is 1. The molecule has 1 unspecified atom stereocenters. The second-order valence-corrected chi connectivity index (χ2v) is 1.61. The monoisotopic (exact) mass is 99.1 g/mol. The van der Waals surface area contributed by atoms with E-state index in [-0.39, 0.29) is 6.10 Å². The summed E-state index contributed by atoms with van der Waals surface area (Å²) in [6.45, 7) is 2.95. The first-order valence-corrected chi connectivity index (χ1v) is 2.41. The van der Waals surface area contributed by atoms with Gasteiger partial charge in [0.2, 0.25) is 0 Å². The Labute approximate surface area is 43.9 Å². The standard InChI is InChI=1S/C5H9NO/c1-7-5-2-3-6-4-5/h4-6H,1-3H2. The highest BCUT2D eigenvalue weighted by atomic mass is 16.5. The molecule has 1 N–H and O–H groups in total. The fourth-order valence-electron chi connectivity index (χ4n) is 0.655. The Morgan fingerprint density at radius 2 is 2.71 bits per heavy atom. The van der Waals surface area contributed by atoms with Crippen LogP contribution in [0.15, 0.2) is 0 Å². The first-order valence-electron chi connectivity index (χ1n) is 2.41. The van der Waals surface area contributed by atoms with Crippen LogP contribution in [-0.4, -0.2) is 12.6 Å². The molecule has 0 amide bonds. The van der Waals surface area contributed by atoms with Gasteiger partial charge in [0, 0.05) is 0 Å². The molecule has 0 aromatic carbocycles. The molecule has 0 aromatic heterocycles. The van der Waals surface area contributed by atoms with Crippen LogP contribution in [0.4, 0.5) is 0 Å². The lowest BCUT2D eigenvalue weighted by atomic mass is 10.3. The van der Waals surface area contributed by atoms with E-state index in [1.54, 1.807) is 0 Å². The van der Waals surface area contributed by atoms with Gasteiger partial charge in [-0.2, -0.15) is 0 Å². The lowest BCUT2D eigenvalue weighted by Crippen LogP contribution is -2.06. The Bertz CT molecular complexity index is 50.0. The van der Waals surface area contributed by atoms with Gasteiger partial charge in [-0.1, -0.05) is 0 Å². The molecule has 0 aliphatic carbocycles. The molecule has 0 aromatic rings. The second kappa shape index (κ2) is 2.28. The van der Waals surface area contributed by atoms with Crippen LogP contribution in [0.1, 0.15) is 6.42 Å². The van der Waals surface area contributed by atoms with Crippen LogP contribution in [0.3, 0.4) is 0 Å². The van der Waals surface area contributed by atoms with Gasteiger partial charge in [-0.05, 0) is 13.0 Å². The Balaban J connectivity index is 2.14. The molecule has 7 heavy (non-hydrogen) atoms. The highest BCUT2D eigenvalue weighted by Gasteiger charge is 2.12. The molecule has 2 heteroatoms. The summed E-state index contributed by atoms with van der Waals surface area (Å²) in [5, 5.41) is 3.03. The van der Waals surface area contributed by atoms with Gasteiger partial charge in [0.05, 0.1) is 19.8 Å². The van der Waals surface area contributed by atoms with Crippen LogP contribution in [0.5, 0.6) is 0 Å². The Kier molecular flexibility index (Phi) is 1.65. The van der Waals surface area contributed by atoms with Crippen molar-refractivity contribution < 1.29 is 4.74 Å². The molecule has 0 spiro atoms. The third-order valence-corrected chi connectivity index (χ3v) is 1.09. The largest absolute Gasteiger partial charge is 0.374 e. The number of nitrogens with one attached hydrogen (secondary N) is 1. The minimum Gasteiger partial charge on any atom is -0.374 e. The lowest BCUT2D eigenvalue weighted by Gasteiger charge is -2.00. The zero-order valence-corrected chi connectivity index (χ0v) is 4.18. The summed E-state index contributed by atoms with van der Waals surface area (Å²) < 4.78 is 4.74. The van der Waals surface area contributed by atoms with Crippen molar-refractivity contribution in [2.24, 2.45) is 0 Å². The van der Waals surface area contributed by atoms with Gasteiger partial charge < -0.3 is 10.1 Å². The maximum atomic E-state index is 4.74. The normalized spacial score (nSPS) is 31.3. The van der Waals surface area contributed by atoms with E-state index >= 15 is 0 Å². The molecule has 2 radical (unpaired) electrons. The van der Waals surface area contributed by atoms with Crippen molar-refractivity contribution in [3.05, 3.63) is 13.7 Å². The van der Waals surface area contributed by atoms with Crippen LogP contribution >= 0.6 is 0 Å². The molecule has 40 valence electrons. The first-order chi connectivity index (χ1) is 3.43. The zero-order valence-electron chi connectivity index (χ0n) is 4.18. The van der Waals surface area contributed by atoms with Gasteiger partial charge in [0.25, 0.3) is 0 Å². The highest BCUT2D eigenvalue weighted by molar-refractivity contribution is 4.82. The number of ether oxygens (including phenoxy) is 1. The predicted octanol–water partition coefficient (Wildman–Crippen LogP) is 0.318. The van der Waals surface area contributed by atoms with E-state index in [2.05, 4.69) is 12.4 Å². The van der Waals surface area contributed by atoms with E-state index in [0.29, 0.717) is 0 Å². The molecule has 1 aliphatic heterocycles. The van der Waals surface area contributed by atoms with Gasteiger partial charge in [-0.15, -0.1) is 0 Å². The molecule has 0 saturated carbocycles. The van der Waals surface area contributed by atoms with Crippen molar-refractivity contribution >= 4 is 0 Å². The zero-order chi connectivity index (χ0) is 5.11. The summed E-state index contributed by atoms with van der Waals surface area (Å²) >= 11 is 0. The molecule has 1 atom stereocenters. The molecular weight excluding hydrogens is 90.1 g/mol. The Morgan fingerprint density at radius 3 is 3.00 bits per heavy atom. The molecule has 1 heterocycles. The SMILES string of the molecule is [CH2]OC1[CH]NCC1. The number of hydrogen-bond acceptors (Lipinski definition) is 2. The summed E-state index contributed by atoms with van der Waals surface area (Å²) in [4.78, 5) is 0. The fraction of sp³-hybridized carbons (Fsp3) is 0.600. The van der Waals surface area contributed by atoms with Crippen molar-refractivity contribution in [3.8, 4) is 0 Å². The summed E-state index contributed by atoms with van der Waals surface area (Å²) in [6, 6.07) is 0. The van der Waals surface area contributed by atoms with E-state index in [1.807, 2.05) is 6.54 Å². The van der Waals surface area contributed by atoms with Gasteiger partial charge in [0.15, 0.2) is 0 Å². The molecule has 1 fully saturated rings. The quantitative estimate of drug-likeness (QED) is 0.511. The predicted molar refractivity (Wildman–Crippen MR) is 27.1 cm³/mol. The van der Waals surface area contributed by atoms with Gasteiger partial charge in [-0.3, -0.25) is 0 Å². The van der Waals surface area contributed by atoms with Crippen LogP contribution < -0.4 is 5.32 Å². The first kappa shape index (κ1) is 5.06. The number of rotatable bonds is 1. The Hall–Kier alpha value is -0.0800. The average Bonchev–Trinajstić information content (AvgIpc) is 2.14. The highest BCUT2D eigenvalue weighted by Crippen LogP contribution is 2.04. The van der Waals surface area contributed by atoms with E-state index in [0.717, 1.165) is 13.0 Å². The van der Waals surface area contributed by atoms with Crippen molar-refractivity contribution in [3.63, 3.8) is 0 Å². The third kappa shape index (κ3) is 1.14. The summed E-state index contributed by atoms with van der Waals surface area (Å²) in [5.74, 6) is 0. The van der Waals surface area contributed by atoms with Crippen LogP contribution in [0.2, 0.25) is 0 Å².